The number of imidazole rings is 1. The van der Waals surface area contributed by atoms with Gasteiger partial charge < -0.3 is 9.84 Å². The van der Waals surface area contributed by atoms with Gasteiger partial charge in [-0.3, -0.25) is 9.20 Å². The van der Waals surface area contributed by atoms with Gasteiger partial charge in [-0.25, -0.2) is 18.4 Å². The van der Waals surface area contributed by atoms with Gasteiger partial charge in [0.2, 0.25) is 0 Å². The highest BCUT2D eigenvalue weighted by Gasteiger charge is 2.36. The van der Waals surface area contributed by atoms with Crippen LogP contribution in [0.2, 0.25) is 0 Å². The van der Waals surface area contributed by atoms with Crippen molar-refractivity contribution in [2.75, 3.05) is 6.61 Å². The van der Waals surface area contributed by atoms with E-state index in [0.29, 0.717) is 22.9 Å². The molecule has 4 aromatic rings. The molecule has 33 heavy (non-hydrogen) atoms. The molecule has 1 N–H and O–H groups in total. The summed E-state index contributed by atoms with van der Waals surface area (Å²) in [6.07, 6.45) is 1.58. The number of carbonyl (C=O) groups excluding carboxylic acids is 1. The van der Waals surface area contributed by atoms with Crippen molar-refractivity contribution in [3.05, 3.63) is 70.9 Å². The minimum absolute atomic E-state index is 0.0716. The molecule has 0 saturated carbocycles. The predicted molar refractivity (Wildman–Crippen MR) is 113 cm³/mol. The second-order valence-electron chi connectivity index (χ2n) is 8.05. The number of tetrazole rings is 1. The molecule has 0 spiro atoms. The Balaban J connectivity index is 1.65. The third-order valence-electron chi connectivity index (χ3n) is 5.55. The Morgan fingerprint density at radius 1 is 1.21 bits per heavy atom. The number of rotatable bonds is 8. The zero-order chi connectivity index (χ0) is 23.8. The van der Waals surface area contributed by atoms with E-state index in [0.717, 1.165) is 12.1 Å². The van der Waals surface area contributed by atoms with Gasteiger partial charge in [0.25, 0.3) is 0 Å². The minimum Gasteiger partial charge on any atom is -0.485 e. The summed E-state index contributed by atoms with van der Waals surface area (Å²) >= 11 is 0. The van der Waals surface area contributed by atoms with Crippen molar-refractivity contribution in [2.24, 2.45) is 7.05 Å². The summed E-state index contributed by atoms with van der Waals surface area (Å²) in [5.74, 6) is -1.06. The van der Waals surface area contributed by atoms with E-state index in [2.05, 4.69) is 20.5 Å². The number of carbonyl (C=O) groups is 1. The summed E-state index contributed by atoms with van der Waals surface area (Å²) in [6, 6.07) is 6.85. The van der Waals surface area contributed by atoms with Crippen LogP contribution in [0.1, 0.15) is 40.9 Å². The van der Waals surface area contributed by atoms with Crippen LogP contribution in [0.4, 0.5) is 8.78 Å². The molecule has 9 nitrogen and oxygen atoms in total. The van der Waals surface area contributed by atoms with E-state index in [-0.39, 0.29) is 36.7 Å². The number of nitrogens with zero attached hydrogens (tertiary/aromatic N) is 6. The second-order valence-corrected chi connectivity index (χ2v) is 8.05. The molecule has 1 aromatic carbocycles. The van der Waals surface area contributed by atoms with Crippen LogP contribution in [0.15, 0.2) is 36.5 Å². The fourth-order valence-electron chi connectivity index (χ4n) is 3.81. The van der Waals surface area contributed by atoms with Gasteiger partial charge in [-0.2, -0.15) is 0 Å². The molecule has 0 bridgehead atoms. The summed E-state index contributed by atoms with van der Waals surface area (Å²) < 4.78 is 36.6. The van der Waals surface area contributed by atoms with Crippen molar-refractivity contribution in [1.82, 2.24) is 29.6 Å². The van der Waals surface area contributed by atoms with Gasteiger partial charge in [0.05, 0.1) is 23.3 Å². The number of fused-ring (bicyclic) bond motifs is 1. The second kappa shape index (κ2) is 8.66. The fourth-order valence-corrected chi connectivity index (χ4v) is 3.81. The van der Waals surface area contributed by atoms with E-state index in [1.54, 1.807) is 43.6 Å². The fraction of sp³-hybridized carbons (Fsp3) is 0.318. The predicted octanol–water partition coefficient (Wildman–Crippen LogP) is 2.55. The van der Waals surface area contributed by atoms with Crippen molar-refractivity contribution in [2.45, 2.75) is 32.3 Å². The van der Waals surface area contributed by atoms with Gasteiger partial charge in [-0.1, -0.05) is 6.07 Å². The number of aromatic nitrogens is 6. The lowest BCUT2D eigenvalue weighted by molar-refractivity contribution is 0.0903. The number of ketones is 1. The average Bonchev–Trinajstić information content (AvgIpc) is 3.36. The Morgan fingerprint density at radius 3 is 2.58 bits per heavy atom. The third kappa shape index (κ3) is 4.07. The number of halogens is 2. The van der Waals surface area contributed by atoms with Gasteiger partial charge in [0.15, 0.2) is 23.0 Å². The number of Topliss-reactive ketones (excluding diaryl/α,β-unsaturated/α-hetero) is 1. The summed E-state index contributed by atoms with van der Waals surface area (Å²) in [6.45, 7) is 2.70. The molecule has 0 aliphatic heterocycles. The highest BCUT2D eigenvalue weighted by molar-refractivity contribution is 5.97. The Kier molecular flexibility index (Phi) is 5.90. The molecule has 0 amide bonds. The van der Waals surface area contributed by atoms with Crippen molar-refractivity contribution in [3.8, 4) is 5.75 Å². The molecule has 4 rings (SSSR count). The molecule has 3 heterocycles. The topological polar surface area (TPSA) is 107 Å². The van der Waals surface area contributed by atoms with Crippen LogP contribution >= 0.6 is 0 Å². The van der Waals surface area contributed by atoms with Crippen molar-refractivity contribution in [1.29, 1.82) is 0 Å². The van der Waals surface area contributed by atoms with E-state index >= 15 is 0 Å². The normalized spacial score (nSPS) is 13.3. The van der Waals surface area contributed by atoms with Gasteiger partial charge in [-0.05, 0) is 48.5 Å². The molecule has 0 fully saturated rings. The lowest BCUT2D eigenvalue weighted by atomic mass is 9.84. The Hall–Kier alpha value is -3.73. The SMILES string of the molecule is Cc1nc2c(OCc3c(F)cccc3F)cccn2c1C(=O)CC(C)(CO)c1nnnn1C. The molecule has 1 atom stereocenters. The van der Waals surface area contributed by atoms with Crippen LogP contribution in [-0.4, -0.2) is 47.1 Å². The molecule has 0 radical (unpaired) electrons. The van der Waals surface area contributed by atoms with Crippen molar-refractivity contribution in [3.63, 3.8) is 0 Å². The first-order valence-corrected chi connectivity index (χ1v) is 10.2. The van der Waals surface area contributed by atoms with Crippen molar-refractivity contribution >= 4 is 11.4 Å². The van der Waals surface area contributed by atoms with Gasteiger partial charge >= 0.3 is 0 Å². The monoisotopic (exact) mass is 456 g/mol. The number of aliphatic hydroxyl groups excluding tert-OH is 1. The number of benzene rings is 1. The number of aryl methyl sites for hydroxylation is 2. The highest BCUT2D eigenvalue weighted by Crippen LogP contribution is 2.29. The van der Waals surface area contributed by atoms with E-state index in [1.165, 1.54) is 10.7 Å². The summed E-state index contributed by atoms with van der Waals surface area (Å²) in [7, 11) is 1.63. The first-order valence-electron chi connectivity index (χ1n) is 10.2. The zero-order valence-electron chi connectivity index (χ0n) is 18.3. The summed E-state index contributed by atoms with van der Waals surface area (Å²) in [4.78, 5) is 17.8. The molecule has 11 heteroatoms. The lowest BCUT2D eigenvalue weighted by Gasteiger charge is -2.24. The van der Waals surface area contributed by atoms with Crippen LogP contribution in [0.3, 0.4) is 0 Å². The van der Waals surface area contributed by atoms with E-state index < -0.39 is 17.0 Å². The maximum absolute atomic E-state index is 14.0. The average molecular weight is 456 g/mol. The minimum atomic E-state index is -1.01. The van der Waals surface area contributed by atoms with E-state index in [9.17, 15) is 18.7 Å². The standard InChI is InChI=1S/C22H22F2N6O3/c1-13-19(17(32)10-22(2,12-31)21-26-27-28-29(21)3)30-9-5-8-18(20(30)25-13)33-11-14-15(23)6-4-7-16(14)24/h4-9,31H,10-12H2,1-3H3. The van der Waals surface area contributed by atoms with Crippen LogP contribution in [0, 0.1) is 18.6 Å². The summed E-state index contributed by atoms with van der Waals surface area (Å²) in [5.41, 5.74) is -0.120. The summed E-state index contributed by atoms with van der Waals surface area (Å²) in [5, 5.41) is 21.3. The molecule has 3 aromatic heterocycles. The highest BCUT2D eigenvalue weighted by atomic mass is 19.1. The third-order valence-corrected chi connectivity index (χ3v) is 5.55. The Labute approximate surface area is 187 Å². The molecular weight excluding hydrogens is 434 g/mol. The van der Waals surface area contributed by atoms with Gasteiger partial charge in [0, 0.05) is 19.7 Å². The molecule has 1 unspecified atom stereocenters. The smallest absolute Gasteiger partial charge is 0.182 e. The van der Waals surface area contributed by atoms with E-state index in [4.69, 9.17) is 4.74 Å². The molecule has 0 aliphatic carbocycles. The lowest BCUT2D eigenvalue weighted by Crippen LogP contribution is -2.33. The maximum Gasteiger partial charge on any atom is 0.182 e. The van der Waals surface area contributed by atoms with Gasteiger partial charge in [-0.15, -0.1) is 5.10 Å². The maximum atomic E-state index is 14.0. The first kappa shape index (κ1) is 22.5. The number of pyridine rings is 1. The number of aliphatic hydroxyl groups is 1. The Morgan fingerprint density at radius 2 is 1.94 bits per heavy atom. The van der Waals surface area contributed by atoms with Crippen LogP contribution in [0.5, 0.6) is 5.75 Å². The first-order chi connectivity index (χ1) is 15.7. The Bertz CT molecular complexity index is 1310. The zero-order valence-corrected chi connectivity index (χ0v) is 18.3. The quantitative estimate of drug-likeness (QED) is 0.406. The number of ether oxygens (including phenoxy) is 1. The molecule has 0 aliphatic rings. The van der Waals surface area contributed by atoms with Gasteiger partial charge in [0.1, 0.15) is 23.9 Å². The molecular formula is C22H22F2N6O3. The van der Waals surface area contributed by atoms with E-state index in [1.807, 2.05) is 0 Å². The number of hydrogen-bond donors (Lipinski definition) is 1. The van der Waals surface area contributed by atoms with Crippen LogP contribution in [0.25, 0.3) is 5.65 Å². The molecule has 0 saturated heterocycles. The number of hydrogen-bond acceptors (Lipinski definition) is 7. The molecule has 172 valence electrons. The van der Waals surface area contributed by atoms with Crippen molar-refractivity contribution < 1.29 is 23.4 Å². The van der Waals surface area contributed by atoms with Crippen LogP contribution in [-0.2, 0) is 19.1 Å². The van der Waals surface area contributed by atoms with Crippen LogP contribution < -0.4 is 4.74 Å². The largest absolute Gasteiger partial charge is 0.485 e.